The summed E-state index contributed by atoms with van der Waals surface area (Å²) in [6.07, 6.45) is 1.37. The largest absolute Gasteiger partial charge is 0.507 e. The second kappa shape index (κ2) is 8.41. The average molecular weight is 432 g/mol. The Morgan fingerprint density at radius 3 is 2.62 bits per heavy atom. The molecule has 0 spiro atoms. The normalized spacial score (nSPS) is 15.1. The van der Waals surface area contributed by atoms with Gasteiger partial charge in [-0.2, -0.15) is 0 Å². The van der Waals surface area contributed by atoms with Gasteiger partial charge in [0.25, 0.3) is 5.91 Å². The van der Waals surface area contributed by atoms with Crippen LogP contribution in [0.5, 0.6) is 5.75 Å². The Balaban J connectivity index is 1.70. The molecule has 1 heterocycles. The molecule has 1 fully saturated rings. The third kappa shape index (κ3) is 4.61. The first-order chi connectivity index (χ1) is 13.8. The molecule has 0 aliphatic carbocycles. The maximum atomic E-state index is 13.8. The number of amides is 2. The molecule has 29 heavy (non-hydrogen) atoms. The Morgan fingerprint density at radius 1 is 1.24 bits per heavy atom. The zero-order chi connectivity index (χ0) is 21.1. The van der Waals surface area contributed by atoms with E-state index in [1.807, 2.05) is 0 Å². The van der Waals surface area contributed by atoms with Gasteiger partial charge in [-0.15, -0.1) is 0 Å². The van der Waals surface area contributed by atoms with Gasteiger partial charge in [0.05, 0.1) is 4.91 Å². The number of halogens is 1. The molecule has 1 aliphatic rings. The highest BCUT2D eigenvalue weighted by atomic mass is 32.2. The Hall–Kier alpha value is -3.24. The van der Waals surface area contributed by atoms with Gasteiger partial charge in [-0.05, 0) is 24.3 Å². The number of aromatic carboxylic acids is 1. The lowest BCUT2D eigenvalue weighted by molar-refractivity contribution is -0.126. The van der Waals surface area contributed by atoms with Gasteiger partial charge in [-0.3, -0.25) is 14.5 Å². The van der Waals surface area contributed by atoms with Gasteiger partial charge in [0.15, 0.2) is 0 Å². The van der Waals surface area contributed by atoms with Crippen molar-refractivity contribution in [3.8, 4) is 5.75 Å². The molecule has 0 unspecified atom stereocenters. The number of benzene rings is 2. The summed E-state index contributed by atoms with van der Waals surface area (Å²) in [5, 5.41) is 21.0. The van der Waals surface area contributed by atoms with Gasteiger partial charge in [0, 0.05) is 17.3 Å². The summed E-state index contributed by atoms with van der Waals surface area (Å²) >= 11 is 6.10. The number of hydrogen-bond acceptors (Lipinski definition) is 6. The number of phenols is 1. The number of nitrogens with zero attached hydrogens (tertiary/aromatic N) is 1. The second-order valence-corrected chi connectivity index (χ2v) is 7.55. The van der Waals surface area contributed by atoms with E-state index in [0.717, 1.165) is 28.8 Å². The van der Waals surface area contributed by atoms with E-state index in [1.54, 1.807) is 6.07 Å². The Kier molecular flexibility index (Phi) is 5.95. The lowest BCUT2D eigenvalue weighted by Crippen LogP contribution is -2.36. The summed E-state index contributed by atoms with van der Waals surface area (Å²) in [5.41, 5.74) is 0.0782. The van der Waals surface area contributed by atoms with Crippen molar-refractivity contribution in [1.29, 1.82) is 0 Å². The van der Waals surface area contributed by atoms with Gasteiger partial charge in [0.2, 0.25) is 5.91 Å². The molecule has 2 amide bonds. The van der Waals surface area contributed by atoms with Crippen molar-refractivity contribution in [2.24, 2.45) is 0 Å². The van der Waals surface area contributed by atoms with Crippen LogP contribution in [-0.4, -0.2) is 43.8 Å². The van der Waals surface area contributed by atoms with Crippen LogP contribution >= 0.6 is 24.0 Å². The van der Waals surface area contributed by atoms with E-state index in [2.05, 4.69) is 5.32 Å². The minimum atomic E-state index is -1.31. The quantitative estimate of drug-likeness (QED) is 0.492. The summed E-state index contributed by atoms with van der Waals surface area (Å²) in [6, 6.07) is 9.49. The summed E-state index contributed by atoms with van der Waals surface area (Å²) < 4.78 is 13.9. The molecule has 3 N–H and O–H groups in total. The van der Waals surface area contributed by atoms with Crippen LogP contribution in [0, 0.1) is 5.82 Å². The summed E-state index contributed by atoms with van der Waals surface area (Å²) in [5.74, 6) is -3.42. The Labute approximate surface area is 173 Å². The van der Waals surface area contributed by atoms with E-state index in [-0.39, 0.29) is 32.6 Å². The molecule has 2 aromatic carbocycles. The maximum Gasteiger partial charge on any atom is 0.339 e. The monoisotopic (exact) mass is 432 g/mol. The third-order valence-corrected chi connectivity index (χ3v) is 5.26. The predicted molar refractivity (Wildman–Crippen MR) is 110 cm³/mol. The minimum Gasteiger partial charge on any atom is -0.507 e. The molecule has 148 valence electrons. The smallest absolute Gasteiger partial charge is 0.339 e. The van der Waals surface area contributed by atoms with Crippen molar-refractivity contribution in [3.05, 3.63) is 64.3 Å². The number of anilines is 1. The topological polar surface area (TPSA) is 107 Å². The number of carbonyl (C=O) groups excluding carboxylic acids is 2. The van der Waals surface area contributed by atoms with Crippen LogP contribution in [0.4, 0.5) is 10.1 Å². The number of hydrogen-bond donors (Lipinski definition) is 3. The number of thiocarbonyl (C=S) groups is 1. The molecular formula is C19H13FN2O5S2. The van der Waals surface area contributed by atoms with E-state index in [1.165, 1.54) is 30.3 Å². The number of rotatable bonds is 5. The van der Waals surface area contributed by atoms with E-state index in [4.69, 9.17) is 17.3 Å². The fourth-order valence-corrected chi connectivity index (χ4v) is 3.75. The number of carbonyl (C=O) groups is 3. The molecule has 0 atom stereocenters. The van der Waals surface area contributed by atoms with Gasteiger partial charge in [-0.25, -0.2) is 9.18 Å². The zero-order valence-corrected chi connectivity index (χ0v) is 16.2. The number of thioether (sulfide) groups is 1. The standard InChI is InChI=1S/C19H13FN2O5S2/c20-13-4-2-1-3-10(13)7-15-17(25)22(19(28)29-15)9-16(24)21-11-5-6-12(18(26)27)14(23)8-11/h1-8,23H,9H2,(H,21,24)(H,26,27)/b15-7+. The highest BCUT2D eigenvalue weighted by molar-refractivity contribution is 8.26. The van der Waals surface area contributed by atoms with Crippen molar-refractivity contribution in [2.45, 2.75) is 0 Å². The van der Waals surface area contributed by atoms with Crippen molar-refractivity contribution < 1.29 is 29.0 Å². The summed E-state index contributed by atoms with van der Waals surface area (Å²) in [6.45, 7) is -0.388. The van der Waals surface area contributed by atoms with Crippen LogP contribution < -0.4 is 5.32 Å². The number of nitrogens with one attached hydrogen (secondary N) is 1. The lowest BCUT2D eigenvalue weighted by Gasteiger charge is -2.14. The molecule has 0 saturated carbocycles. The highest BCUT2D eigenvalue weighted by Crippen LogP contribution is 2.33. The lowest BCUT2D eigenvalue weighted by atomic mass is 10.2. The molecule has 0 radical (unpaired) electrons. The van der Waals surface area contributed by atoms with Crippen LogP contribution in [0.3, 0.4) is 0 Å². The molecule has 0 bridgehead atoms. The fourth-order valence-electron chi connectivity index (χ4n) is 2.50. The van der Waals surface area contributed by atoms with E-state index >= 15 is 0 Å². The van der Waals surface area contributed by atoms with Crippen molar-refractivity contribution in [3.63, 3.8) is 0 Å². The van der Waals surface area contributed by atoms with Gasteiger partial charge < -0.3 is 15.5 Å². The van der Waals surface area contributed by atoms with Gasteiger partial charge >= 0.3 is 5.97 Å². The first kappa shape index (κ1) is 20.5. The Bertz CT molecular complexity index is 1070. The summed E-state index contributed by atoms with van der Waals surface area (Å²) in [4.78, 5) is 37.0. The van der Waals surface area contributed by atoms with Gasteiger partial charge in [-0.1, -0.05) is 42.2 Å². The van der Waals surface area contributed by atoms with Crippen LogP contribution in [0.15, 0.2) is 47.4 Å². The molecular weight excluding hydrogens is 419 g/mol. The van der Waals surface area contributed by atoms with Gasteiger partial charge in [0.1, 0.15) is 28.0 Å². The second-order valence-electron chi connectivity index (χ2n) is 5.87. The SMILES string of the molecule is O=C(CN1C(=O)/C(=C\c2ccccc2F)SC1=S)Nc1ccc(C(=O)O)c(O)c1. The molecule has 3 rings (SSSR count). The van der Waals surface area contributed by atoms with E-state index < -0.39 is 29.4 Å². The highest BCUT2D eigenvalue weighted by Gasteiger charge is 2.33. The number of carboxylic acid groups (broad SMARTS) is 1. The van der Waals surface area contributed by atoms with Crippen LogP contribution in [0.25, 0.3) is 6.08 Å². The summed E-state index contributed by atoms with van der Waals surface area (Å²) in [7, 11) is 0. The van der Waals surface area contributed by atoms with E-state index in [0.29, 0.717) is 0 Å². The Morgan fingerprint density at radius 2 is 1.97 bits per heavy atom. The molecule has 10 heteroatoms. The zero-order valence-electron chi connectivity index (χ0n) is 14.6. The maximum absolute atomic E-state index is 13.8. The predicted octanol–water partition coefficient (Wildman–Crippen LogP) is 3.07. The van der Waals surface area contributed by atoms with E-state index in [9.17, 15) is 23.9 Å². The number of carboxylic acids is 1. The van der Waals surface area contributed by atoms with Crippen LogP contribution in [0.2, 0.25) is 0 Å². The van der Waals surface area contributed by atoms with Crippen LogP contribution in [-0.2, 0) is 9.59 Å². The average Bonchev–Trinajstić information content (AvgIpc) is 2.91. The molecule has 2 aromatic rings. The molecule has 1 aliphatic heterocycles. The van der Waals surface area contributed by atoms with Crippen molar-refractivity contribution >= 4 is 57.8 Å². The first-order valence-corrected chi connectivity index (χ1v) is 9.35. The minimum absolute atomic E-state index is 0.150. The van der Waals surface area contributed by atoms with Crippen LogP contribution in [0.1, 0.15) is 15.9 Å². The molecule has 1 saturated heterocycles. The molecule has 7 nitrogen and oxygen atoms in total. The van der Waals surface area contributed by atoms with Crippen molar-refractivity contribution in [1.82, 2.24) is 4.90 Å². The third-order valence-electron chi connectivity index (χ3n) is 3.88. The van der Waals surface area contributed by atoms with Crippen molar-refractivity contribution in [2.75, 3.05) is 11.9 Å². The fraction of sp³-hybridized carbons (Fsp3) is 0.0526. The number of aromatic hydroxyl groups is 1. The molecule has 0 aromatic heterocycles. The first-order valence-electron chi connectivity index (χ1n) is 8.12.